The summed E-state index contributed by atoms with van der Waals surface area (Å²) in [6, 6.07) is 8.76. The molecule has 0 aliphatic rings. The highest BCUT2D eigenvalue weighted by atomic mass is 16.4. The van der Waals surface area contributed by atoms with Gasteiger partial charge in [0, 0.05) is 5.56 Å². The zero-order valence-corrected chi connectivity index (χ0v) is 8.73. The lowest BCUT2D eigenvalue weighted by Crippen LogP contribution is -2.19. The number of hydrogen-bond acceptors (Lipinski definition) is 3. The minimum atomic E-state index is -0.668. The third-order valence-electron chi connectivity index (χ3n) is 2.05. The van der Waals surface area contributed by atoms with Crippen LogP contribution in [0.15, 0.2) is 34.7 Å². The van der Waals surface area contributed by atoms with Crippen LogP contribution in [0.4, 0.5) is 10.7 Å². The Balaban J connectivity index is 2.34. The van der Waals surface area contributed by atoms with Crippen molar-refractivity contribution in [3.05, 3.63) is 36.0 Å². The molecule has 0 spiro atoms. The van der Waals surface area contributed by atoms with Crippen LogP contribution in [-0.4, -0.2) is 11.0 Å². The molecule has 0 atom stereocenters. The van der Waals surface area contributed by atoms with Crippen molar-refractivity contribution in [1.82, 2.24) is 4.98 Å². The largest absolute Gasteiger partial charge is 0.420 e. The summed E-state index contributed by atoms with van der Waals surface area (Å²) in [6.45, 7) is 1.74. The van der Waals surface area contributed by atoms with Crippen molar-refractivity contribution in [2.75, 3.05) is 5.32 Å². The lowest BCUT2D eigenvalue weighted by Gasteiger charge is -1.95. The van der Waals surface area contributed by atoms with Gasteiger partial charge in [0.05, 0.1) is 0 Å². The maximum Gasteiger partial charge on any atom is 0.319 e. The minimum Gasteiger partial charge on any atom is -0.420 e. The van der Waals surface area contributed by atoms with E-state index in [1.807, 2.05) is 30.3 Å². The number of nitrogens with zero attached hydrogens (tertiary/aromatic N) is 1. The molecule has 1 aromatic heterocycles. The van der Waals surface area contributed by atoms with Crippen molar-refractivity contribution >= 4 is 11.9 Å². The molecule has 2 amide bonds. The molecule has 16 heavy (non-hydrogen) atoms. The van der Waals surface area contributed by atoms with Gasteiger partial charge in [0.15, 0.2) is 0 Å². The molecule has 0 saturated heterocycles. The van der Waals surface area contributed by atoms with Crippen molar-refractivity contribution < 1.29 is 9.21 Å². The number of urea groups is 1. The second-order valence-electron chi connectivity index (χ2n) is 3.29. The first-order chi connectivity index (χ1) is 7.66. The number of amides is 2. The second-order valence-corrected chi connectivity index (χ2v) is 3.29. The van der Waals surface area contributed by atoms with Crippen molar-refractivity contribution in [2.24, 2.45) is 5.73 Å². The van der Waals surface area contributed by atoms with Crippen LogP contribution < -0.4 is 11.1 Å². The summed E-state index contributed by atoms with van der Waals surface area (Å²) in [5, 5.41) is 2.37. The Hall–Kier alpha value is -2.30. The average Bonchev–Trinajstić information content (AvgIpc) is 2.61. The highest BCUT2D eigenvalue weighted by Crippen LogP contribution is 2.24. The summed E-state index contributed by atoms with van der Waals surface area (Å²) in [7, 11) is 0. The Morgan fingerprint density at radius 1 is 1.38 bits per heavy atom. The molecule has 82 valence electrons. The number of carbonyl (C=O) groups excluding carboxylic acids is 1. The summed E-state index contributed by atoms with van der Waals surface area (Å²) in [5.41, 5.74) is 6.45. The molecular formula is C11H11N3O2. The van der Waals surface area contributed by atoms with E-state index in [9.17, 15) is 4.79 Å². The summed E-state index contributed by atoms with van der Waals surface area (Å²) in [6.07, 6.45) is 0. The fourth-order valence-corrected chi connectivity index (χ4v) is 1.33. The Bertz CT molecular complexity index is 505. The standard InChI is InChI=1S/C11H11N3O2/c1-7-9(14-11(12)15)16-10(13-7)8-5-3-2-4-6-8/h2-6H,1H3,(H3,12,14,15). The maximum absolute atomic E-state index is 10.7. The maximum atomic E-state index is 10.7. The molecule has 1 aromatic carbocycles. The first-order valence-electron chi connectivity index (χ1n) is 4.76. The third-order valence-corrected chi connectivity index (χ3v) is 2.05. The van der Waals surface area contributed by atoms with Gasteiger partial charge >= 0.3 is 6.03 Å². The molecule has 0 radical (unpaired) electrons. The van der Waals surface area contributed by atoms with Gasteiger partial charge in [-0.3, -0.25) is 5.32 Å². The zero-order chi connectivity index (χ0) is 11.5. The molecular weight excluding hydrogens is 206 g/mol. The van der Waals surface area contributed by atoms with Crippen LogP contribution in [0.1, 0.15) is 5.69 Å². The Morgan fingerprint density at radius 3 is 2.69 bits per heavy atom. The van der Waals surface area contributed by atoms with Gasteiger partial charge in [0.2, 0.25) is 11.8 Å². The van der Waals surface area contributed by atoms with Gasteiger partial charge in [-0.15, -0.1) is 0 Å². The summed E-state index contributed by atoms with van der Waals surface area (Å²) >= 11 is 0. The number of benzene rings is 1. The van der Waals surface area contributed by atoms with Gasteiger partial charge in [-0.1, -0.05) is 18.2 Å². The van der Waals surface area contributed by atoms with Crippen molar-refractivity contribution in [2.45, 2.75) is 6.92 Å². The molecule has 1 heterocycles. The van der Waals surface area contributed by atoms with Crippen LogP contribution in [0.5, 0.6) is 0 Å². The molecule has 5 heteroatoms. The summed E-state index contributed by atoms with van der Waals surface area (Å²) < 4.78 is 5.39. The van der Waals surface area contributed by atoms with E-state index >= 15 is 0 Å². The van der Waals surface area contributed by atoms with Gasteiger partial charge in [-0.25, -0.2) is 9.78 Å². The number of primary amides is 1. The highest BCUT2D eigenvalue weighted by molar-refractivity contribution is 5.86. The van der Waals surface area contributed by atoms with E-state index in [-0.39, 0.29) is 5.88 Å². The van der Waals surface area contributed by atoms with Crippen LogP contribution in [0.2, 0.25) is 0 Å². The van der Waals surface area contributed by atoms with Gasteiger partial charge in [-0.05, 0) is 19.1 Å². The van der Waals surface area contributed by atoms with Crippen LogP contribution >= 0.6 is 0 Å². The normalized spacial score (nSPS) is 10.1. The molecule has 0 aliphatic carbocycles. The number of nitrogens with two attached hydrogens (primary N) is 1. The first-order valence-corrected chi connectivity index (χ1v) is 4.76. The van der Waals surface area contributed by atoms with E-state index in [1.54, 1.807) is 6.92 Å². The van der Waals surface area contributed by atoms with Crippen LogP contribution in [0.3, 0.4) is 0 Å². The lowest BCUT2D eigenvalue weighted by molar-refractivity contribution is 0.259. The Labute approximate surface area is 92.3 Å². The van der Waals surface area contributed by atoms with E-state index in [0.29, 0.717) is 11.6 Å². The molecule has 0 bridgehead atoms. The number of carbonyl (C=O) groups is 1. The topological polar surface area (TPSA) is 81.2 Å². The molecule has 0 aliphatic heterocycles. The SMILES string of the molecule is Cc1nc(-c2ccccc2)oc1NC(N)=O. The van der Waals surface area contributed by atoms with Crippen molar-refractivity contribution in [1.29, 1.82) is 0 Å². The van der Waals surface area contributed by atoms with Gasteiger partial charge < -0.3 is 10.2 Å². The van der Waals surface area contributed by atoms with Crippen LogP contribution in [-0.2, 0) is 0 Å². The monoisotopic (exact) mass is 217 g/mol. The van der Waals surface area contributed by atoms with Crippen molar-refractivity contribution in [3.63, 3.8) is 0 Å². The Kier molecular flexibility index (Phi) is 2.59. The smallest absolute Gasteiger partial charge is 0.319 e. The van der Waals surface area contributed by atoms with E-state index in [4.69, 9.17) is 10.2 Å². The molecule has 0 fully saturated rings. The minimum absolute atomic E-state index is 0.284. The molecule has 3 N–H and O–H groups in total. The van der Waals surface area contributed by atoms with E-state index in [2.05, 4.69) is 10.3 Å². The van der Waals surface area contributed by atoms with Crippen LogP contribution in [0.25, 0.3) is 11.5 Å². The number of anilines is 1. The van der Waals surface area contributed by atoms with Gasteiger partial charge in [-0.2, -0.15) is 0 Å². The molecule has 0 saturated carbocycles. The number of aryl methyl sites for hydroxylation is 1. The van der Waals surface area contributed by atoms with Gasteiger partial charge in [0.1, 0.15) is 5.69 Å². The molecule has 2 rings (SSSR count). The third kappa shape index (κ3) is 2.03. The fourth-order valence-electron chi connectivity index (χ4n) is 1.33. The second kappa shape index (κ2) is 4.06. The molecule has 0 unspecified atom stereocenters. The number of nitrogens with one attached hydrogen (secondary N) is 1. The van der Waals surface area contributed by atoms with E-state index < -0.39 is 6.03 Å². The van der Waals surface area contributed by atoms with E-state index in [1.165, 1.54) is 0 Å². The number of hydrogen-bond donors (Lipinski definition) is 2. The zero-order valence-electron chi connectivity index (χ0n) is 8.73. The number of aromatic nitrogens is 1. The molecule has 2 aromatic rings. The summed E-state index contributed by atoms with van der Waals surface area (Å²) in [5.74, 6) is 0.744. The first kappa shape index (κ1) is 10.2. The number of rotatable bonds is 2. The average molecular weight is 217 g/mol. The molecule has 5 nitrogen and oxygen atoms in total. The van der Waals surface area contributed by atoms with Crippen LogP contribution in [0, 0.1) is 6.92 Å². The predicted octanol–water partition coefficient (Wildman–Crippen LogP) is 2.14. The highest BCUT2D eigenvalue weighted by Gasteiger charge is 2.11. The van der Waals surface area contributed by atoms with Crippen molar-refractivity contribution in [3.8, 4) is 11.5 Å². The van der Waals surface area contributed by atoms with Gasteiger partial charge in [0.25, 0.3) is 0 Å². The number of oxazole rings is 1. The summed E-state index contributed by atoms with van der Waals surface area (Å²) in [4.78, 5) is 14.9. The lowest BCUT2D eigenvalue weighted by atomic mass is 10.2. The fraction of sp³-hybridized carbons (Fsp3) is 0.0909. The predicted molar refractivity (Wildman–Crippen MR) is 59.9 cm³/mol. The Morgan fingerprint density at radius 2 is 2.06 bits per heavy atom. The van der Waals surface area contributed by atoms with E-state index in [0.717, 1.165) is 5.56 Å². The quantitative estimate of drug-likeness (QED) is 0.808.